The lowest BCUT2D eigenvalue weighted by atomic mass is 9.99. The topological polar surface area (TPSA) is 72.9 Å². The van der Waals surface area contributed by atoms with Crippen molar-refractivity contribution in [2.24, 2.45) is 18.7 Å². The lowest BCUT2D eigenvalue weighted by molar-refractivity contribution is -0.124. The van der Waals surface area contributed by atoms with Gasteiger partial charge in [-0.25, -0.2) is 0 Å². The number of rotatable bonds is 5. The van der Waals surface area contributed by atoms with Crippen molar-refractivity contribution in [2.75, 3.05) is 0 Å². The molecule has 5 nitrogen and oxygen atoms in total. The summed E-state index contributed by atoms with van der Waals surface area (Å²) in [5.41, 5.74) is 7.99. The Hall–Kier alpha value is -1.07. The van der Waals surface area contributed by atoms with E-state index in [1.54, 1.807) is 10.9 Å². The highest BCUT2D eigenvalue weighted by Gasteiger charge is 2.22. The van der Waals surface area contributed by atoms with Crippen LogP contribution in [0, 0.1) is 12.8 Å². The predicted molar refractivity (Wildman–Crippen MR) is 79.2 cm³/mol. The number of nitrogens with one attached hydrogen (secondary N) is 1. The Balaban J connectivity index is 0.00000324. The van der Waals surface area contributed by atoms with E-state index in [0.717, 1.165) is 17.7 Å². The molecule has 3 atom stereocenters. The van der Waals surface area contributed by atoms with Gasteiger partial charge in [0, 0.05) is 18.3 Å². The molecular formula is C13H25ClN4O. The van der Waals surface area contributed by atoms with E-state index in [4.69, 9.17) is 5.73 Å². The van der Waals surface area contributed by atoms with Crippen LogP contribution >= 0.6 is 12.4 Å². The van der Waals surface area contributed by atoms with Gasteiger partial charge in [-0.2, -0.15) is 5.10 Å². The normalized spacial score (nSPS) is 15.3. The van der Waals surface area contributed by atoms with E-state index in [1.165, 1.54) is 0 Å². The molecule has 0 aliphatic heterocycles. The molecule has 0 aromatic carbocycles. The molecule has 0 aliphatic rings. The summed E-state index contributed by atoms with van der Waals surface area (Å²) >= 11 is 0. The fourth-order valence-electron chi connectivity index (χ4n) is 1.84. The molecule has 1 rings (SSSR count). The monoisotopic (exact) mass is 288 g/mol. The SMILES string of the molecule is CCC(C)C(N)C(=O)NC(C)c1cnn(C)c1C.Cl. The number of carbonyl (C=O) groups excluding carboxylic acids is 1. The molecule has 6 heteroatoms. The van der Waals surface area contributed by atoms with Crippen molar-refractivity contribution in [2.45, 2.75) is 46.2 Å². The number of hydrogen-bond donors (Lipinski definition) is 2. The van der Waals surface area contributed by atoms with Crippen molar-refractivity contribution in [1.82, 2.24) is 15.1 Å². The van der Waals surface area contributed by atoms with Crippen LogP contribution in [0.25, 0.3) is 0 Å². The molecule has 0 bridgehead atoms. The van der Waals surface area contributed by atoms with E-state index in [2.05, 4.69) is 10.4 Å². The average molecular weight is 289 g/mol. The molecule has 0 fully saturated rings. The van der Waals surface area contributed by atoms with Crippen LogP contribution < -0.4 is 11.1 Å². The summed E-state index contributed by atoms with van der Waals surface area (Å²) in [6, 6.07) is -0.518. The van der Waals surface area contributed by atoms with Crippen molar-refractivity contribution < 1.29 is 4.79 Å². The molecule has 1 aromatic heterocycles. The highest BCUT2D eigenvalue weighted by Crippen LogP contribution is 2.16. The lowest BCUT2D eigenvalue weighted by Gasteiger charge is -2.21. The Kier molecular flexibility index (Phi) is 7.08. The van der Waals surface area contributed by atoms with E-state index in [9.17, 15) is 4.79 Å². The van der Waals surface area contributed by atoms with Gasteiger partial charge in [0.1, 0.15) is 0 Å². The number of carbonyl (C=O) groups is 1. The largest absolute Gasteiger partial charge is 0.348 e. The first-order chi connectivity index (χ1) is 8.38. The van der Waals surface area contributed by atoms with Gasteiger partial charge in [0.2, 0.25) is 5.91 Å². The van der Waals surface area contributed by atoms with Gasteiger partial charge in [-0.1, -0.05) is 20.3 Å². The van der Waals surface area contributed by atoms with Crippen LogP contribution in [0.4, 0.5) is 0 Å². The third-order valence-corrected chi connectivity index (χ3v) is 3.66. The van der Waals surface area contributed by atoms with E-state index in [1.807, 2.05) is 34.7 Å². The van der Waals surface area contributed by atoms with Gasteiger partial charge in [0.15, 0.2) is 0 Å². The standard InChI is InChI=1S/C13H24N4O.ClH/c1-6-8(2)12(14)13(18)16-9(3)11-7-15-17(5)10(11)4;/h7-9,12H,6,14H2,1-5H3,(H,16,18);1H. The molecule has 19 heavy (non-hydrogen) atoms. The Bertz CT molecular complexity index is 419. The van der Waals surface area contributed by atoms with Gasteiger partial charge in [0.05, 0.1) is 18.3 Å². The maximum atomic E-state index is 12.0. The van der Waals surface area contributed by atoms with Crippen molar-refractivity contribution in [3.8, 4) is 0 Å². The summed E-state index contributed by atoms with van der Waals surface area (Å²) in [4.78, 5) is 12.0. The smallest absolute Gasteiger partial charge is 0.237 e. The maximum absolute atomic E-state index is 12.0. The van der Waals surface area contributed by atoms with Crippen LogP contribution in [0.2, 0.25) is 0 Å². The summed E-state index contributed by atoms with van der Waals surface area (Å²) in [5, 5.41) is 7.12. The fraction of sp³-hybridized carbons (Fsp3) is 0.692. The molecule has 1 heterocycles. The number of aryl methyl sites for hydroxylation is 1. The quantitative estimate of drug-likeness (QED) is 0.866. The van der Waals surface area contributed by atoms with Crippen LogP contribution in [0.3, 0.4) is 0 Å². The minimum Gasteiger partial charge on any atom is -0.348 e. The van der Waals surface area contributed by atoms with Crippen molar-refractivity contribution in [1.29, 1.82) is 0 Å². The number of amides is 1. The summed E-state index contributed by atoms with van der Waals surface area (Å²) in [6.45, 7) is 7.96. The average Bonchev–Trinajstić information content (AvgIpc) is 2.68. The van der Waals surface area contributed by atoms with E-state index < -0.39 is 6.04 Å². The Labute approximate surface area is 121 Å². The number of nitrogens with zero attached hydrogens (tertiary/aromatic N) is 2. The van der Waals surface area contributed by atoms with Crippen LogP contribution in [0.5, 0.6) is 0 Å². The molecule has 3 N–H and O–H groups in total. The molecule has 3 unspecified atom stereocenters. The first-order valence-electron chi connectivity index (χ1n) is 6.42. The van der Waals surface area contributed by atoms with Crippen LogP contribution in [0.1, 0.15) is 44.5 Å². The minimum absolute atomic E-state index is 0. The molecular weight excluding hydrogens is 264 g/mol. The molecule has 0 saturated heterocycles. The van der Waals surface area contributed by atoms with Crippen molar-refractivity contribution in [3.63, 3.8) is 0 Å². The molecule has 0 saturated carbocycles. The van der Waals surface area contributed by atoms with Gasteiger partial charge >= 0.3 is 0 Å². The Morgan fingerprint density at radius 2 is 2.11 bits per heavy atom. The van der Waals surface area contributed by atoms with Crippen LogP contribution in [-0.2, 0) is 11.8 Å². The lowest BCUT2D eigenvalue weighted by Crippen LogP contribution is -2.45. The second-order valence-electron chi connectivity index (χ2n) is 4.95. The van der Waals surface area contributed by atoms with Crippen molar-refractivity contribution >= 4 is 18.3 Å². The van der Waals surface area contributed by atoms with E-state index >= 15 is 0 Å². The maximum Gasteiger partial charge on any atom is 0.237 e. The zero-order chi connectivity index (χ0) is 13.9. The van der Waals surface area contributed by atoms with Gasteiger partial charge in [-0.05, 0) is 19.8 Å². The van der Waals surface area contributed by atoms with E-state index in [-0.39, 0.29) is 30.3 Å². The Morgan fingerprint density at radius 3 is 2.53 bits per heavy atom. The second-order valence-corrected chi connectivity index (χ2v) is 4.95. The first-order valence-corrected chi connectivity index (χ1v) is 6.42. The molecule has 0 radical (unpaired) electrons. The highest BCUT2D eigenvalue weighted by molar-refractivity contribution is 5.85. The van der Waals surface area contributed by atoms with Crippen LogP contribution in [-0.4, -0.2) is 21.7 Å². The number of aromatic nitrogens is 2. The van der Waals surface area contributed by atoms with Gasteiger partial charge < -0.3 is 11.1 Å². The summed E-state index contributed by atoms with van der Waals surface area (Å²) in [5.74, 6) is 0.0901. The predicted octanol–water partition coefficient (Wildman–Crippen LogP) is 1.70. The van der Waals surface area contributed by atoms with Crippen LogP contribution in [0.15, 0.2) is 6.20 Å². The fourth-order valence-corrected chi connectivity index (χ4v) is 1.84. The molecule has 0 spiro atoms. The van der Waals surface area contributed by atoms with Gasteiger partial charge in [-0.3, -0.25) is 9.48 Å². The van der Waals surface area contributed by atoms with Crippen molar-refractivity contribution in [3.05, 3.63) is 17.5 Å². The molecule has 0 aliphatic carbocycles. The van der Waals surface area contributed by atoms with Gasteiger partial charge in [0.25, 0.3) is 0 Å². The summed E-state index contributed by atoms with van der Waals surface area (Å²) in [7, 11) is 1.89. The third-order valence-electron chi connectivity index (χ3n) is 3.66. The molecule has 1 aromatic rings. The highest BCUT2D eigenvalue weighted by atomic mass is 35.5. The Morgan fingerprint density at radius 1 is 1.53 bits per heavy atom. The summed E-state index contributed by atoms with van der Waals surface area (Å²) in [6.07, 6.45) is 2.68. The zero-order valence-electron chi connectivity index (χ0n) is 12.3. The van der Waals surface area contributed by atoms with Gasteiger partial charge in [-0.15, -0.1) is 12.4 Å². The first kappa shape index (κ1) is 17.9. The molecule has 110 valence electrons. The number of hydrogen-bond acceptors (Lipinski definition) is 3. The number of halogens is 1. The summed E-state index contributed by atoms with van der Waals surface area (Å²) < 4.78 is 1.80. The third kappa shape index (κ3) is 4.21. The second kappa shape index (κ2) is 7.50. The minimum atomic E-state index is -0.450. The molecule has 1 amide bonds. The zero-order valence-corrected chi connectivity index (χ0v) is 13.1. The number of nitrogens with two attached hydrogens (primary N) is 1. The van der Waals surface area contributed by atoms with E-state index in [0.29, 0.717) is 0 Å².